The van der Waals surface area contributed by atoms with Crippen molar-refractivity contribution in [2.45, 2.75) is 110 Å². The lowest BCUT2D eigenvalue weighted by Gasteiger charge is -2.52. The van der Waals surface area contributed by atoms with Gasteiger partial charge in [-0.2, -0.15) is 5.26 Å². The van der Waals surface area contributed by atoms with Gasteiger partial charge in [0.2, 0.25) is 0 Å². The summed E-state index contributed by atoms with van der Waals surface area (Å²) in [6.07, 6.45) is 20.5. The highest BCUT2D eigenvalue weighted by Gasteiger charge is 2.48. The van der Waals surface area contributed by atoms with Crippen molar-refractivity contribution in [2.75, 3.05) is 0 Å². The van der Waals surface area contributed by atoms with Crippen LogP contribution in [0.15, 0.2) is 0 Å². The molecular weight excluding hydrogens is 302 g/mol. The summed E-state index contributed by atoms with van der Waals surface area (Å²) in [6, 6.07) is 2.82. The summed E-state index contributed by atoms with van der Waals surface area (Å²) in [5, 5.41) is 9.96. The number of rotatable bonds is 7. The minimum Gasteiger partial charge on any atom is -0.198 e. The first-order valence-corrected chi connectivity index (χ1v) is 11.6. The normalized spacial score (nSPS) is 40.8. The fourth-order valence-corrected chi connectivity index (χ4v) is 6.97. The van der Waals surface area contributed by atoms with E-state index in [1.807, 2.05) is 0 Å². The SMILES string of the molecule is CCCCCC[C@]1(C#N)CCC2C(CCC3C[C@H](CCC)CCC32)C1. The molecule has 3 aliphatic rings. The summed E-state index contributed by atoms with van der Waals surface area (Å²) in [5.41, 5.74) is 0.0428. The van der Waals surface area contributed by atoms with E-state index in [-0.39, 0.29) is 5.41 Å². The Bertz CT molecular complexity index is 450. The average Bonchev–Trinajstić information content (AvgIpc) is 2.65. The summed E-state index contributed by atoms with van der Waals surface area (Å²) < 4.78 is 0. The number of hydrogen-bond acceptors (Lipinski definition) is 1. The highest BCUT2D eigenvalue weighted by Crippen LogP contribution is 2.57. The molecule has 0 bridgehead atoms. The van der Waals surface area contributed by atoms with Crippen molar-refractivity contribution in [1.29, 1.82) is 5.26 Å². The fraction of sp³-hybridized carbons (Fsp3) is 0.958. The van der Waals surface area contributed by atoms with Crippen molar-refractivity contribution in [3.8, 4) is 6.07 Å². The summed E-state index contributed by atoms with van der Waals surface area (Å²) in [6.45, 7) is 4.63. The number of hydrogen-bond donors (Lipinski definition) is 0. The van der Waals surface area contributed by atoms with E-state index >= 15 is 0 Å². The van der Waals surface area contributed by atoms with Crippen molar-refractivity contribution >= 4 is 0 Å². The molecule has 0 radical (unpaired) electrons. The van der Waals surface area contributed by atoms with E-state index in [2.05, 4.69) is 19.9 Å². The summed E-state index contributed by atoms with van der Waals surface area (Å²) in [5.74, 6) is 4.93. The zero-order valence-electron chi connectivity index (χ0n) is 16.9. The van der Waals surface area contributed by atoms with Gasteiger partial charge in [0.1, 0.15) is 0 Å². The predicted molar refractivity (Wildman–Crippen MR) is 106 cm³/mol. The molecule has 4 unspecified atom stereocenters. The monoisotopic (exact) mass is 343 g/mol. The van der Waals surface area contributed by atoms with Crippen molar-refractivity contribution in [3.63, 3.8) is 0 Å². The van der Waals surface area contributed by atoms with Crippen LogP contribution in [0.5, 0.6) is 0 Å². The summed E-state index contributed by atoms with van der Waals surface area (Å²) in [4.78, 5) is 0. The Balaban J connectivity index is 1.56. The van der Waals surface area contributed by atoms with Gasteiger partial charge in [-0.25, -0.2) is 0 Å². The van der Waals surface area contributed by atoms with E-state index in [9.17, 15) is 5.26 Å². The average molecular weight is 344 g/mol. The van der Waals surface area contributed by atoms with Gasteiger partial charge in [-0.3, -0.25) is 0 Å². The fourth-order valence-electron chi connectivity index (χ4n) is 6.97. The summed E-state index contributed by atoms with van der Waals surface area (Å²) >= 11 is 0. The molecule has 25 heavy (non-hydrogen) atoms. The topological polar surface area (TPSA) is 23.8 Å². The van der Waals surface area contributed by atoms with Gasteiger partial charge in [-0.15, -0.1) is 0 Å². The van der Waals surface area contributed by atoms with Crippen LogP contribution in [-0.2, 0) is 0 Å². The zero-order chi connectivity index (χ0) is 17.7. The van der Waals surface area contributed by atoms with E-state index < -0.39 is 0 Å². The molecule has 0 aromatic rings. The first-order chi connectivity index (χ1) is 12.2. The summed E-state index contributed by atoms with van der Waals surface area (Å²) in [7, 11) is 0. The number of nitriles is 1. The number of nitrogens with zero attached hydrogens (tertiary/aromatic N) is 1. The standard InChI is InChI=1S/C24H41N/c1-3-5-6-7-14-24(18-25)15-13-23-21(17-24)11-10-20-16-19(8-4-2)9-12-22(20)23/h19-23H,3-17H2,1-2H3/t19-,20?,21?,22?,23?,24+/m1/s1. The first kappa shape index (κ1) is 19.3. The Kier molecular flexibility index (Phi) is 6.87. The van der Waals surface area contributed by atoms with Gasteiger partial charge in [0.15, 0.2) is 0 Å². The molecule has 3 rings (SSSR count). The van der Waals surface area contributed by atoms with Crippen LogP contribution in [0.2, 0.25) is 0 Å². The van der Waals surface area contributed by atoms with Gasteiger partial charge in [0, 0.05) is 0 Å². The molecule has 0 spiro atoms. The van der Waals surface area contributed by atoms with Crippen LogP contribution < -0.4 is 0 Å². The zero-order valence-corrected chi connectivity index (χ0v) is 16.9. The lowest BCUT2D eigenvalue weighted by Crippen LogP contribution is -2.44. The van der Waals surface area contributed by atoms with Crippen molar-refractivity contribution in [2.24, 2.45) is 35.0 Å². The van der Waals surface area contributed by atoms with Crippen LogP contribution in [-0.4, -0.2) is 0 Å². The Morgan fingerprint density at radius 3 is 2.44 bits per heavy atom. The Labute approximate surface area is 157 Å². The van der Waals surface area contributed by atoms with Crippen molar-refractivity contribution in [3.05, 3.63) is 0 Å². The van der Waals surface area contributed by atoms with Crippen LogP contribution >= 0.6 is 0 Å². The minimum absolute atomic E-state index is 0.0428. The molecule has 0 saturated heterocycles. The molecular formula is C24H41N. The third kappa shape index (κ3) is 4.43. The van der Waals surface area contributed by atoms with Crippen LogP contribution in [0.25, 0.3) is 0 Å². The van der Waals surface area contributed by atoms with E-state index in [4.69, 9.17) is 0 Å². The molecule has 0 aliphatic heterocycles. The van der Waals surface area contributed by atoms with Gasteiger partial charge >= 0.3 is 0 Å². The molecule has 0 heterocycles. The second kappa shape index (κ2) is 8.92. The van der Waals surface area contributed by atoms with Crippen molar-refractivity contribution < 1.29 is 0 Å². The molecule has 1 nitrogen and oxygen atoms in total. The Morgan fingerprint density at radius 1 is 0.880 bits per heavy atom. The third-order valence-electron chi connectivity index (χ3n) is 8.27. The maximum absolute atomic E-state index is 9.96. The van der Waals surface area contributed by atoms with E-state index in [0.717, 1.165) is 29.6 Å². The second-order valence-electron chi connectivity index (χ2n) is 9.84. The number of fused-ring (bicyclic) bond motifs is 3. The van der Waals surface area contributed by atoms with Crippen LogP contribution in [0.4, 0.5) is 0 Å². The Morgan fingerprint density at radius 2 is 1.68 bits per heavy atom. The van der Waals surface area contributed by atoms with E-state index in [1.54, 1.807) is 0 Å². The van der Waals surface area contributed by atoms with Crippen LogP contribution in [0.1, 0.15) is 110 Å². The highest BCUT2D eigenvalue weighted by atomic mass is 14.5. The largest absolute Gasteiger partial charge is 0.198 e. The molecule has 0 aromatic heterocycles. The van der Waals surface area contributed by atoms with Crippen LogP contribution in [0.3, 0.4) is 0 Å². The van der Waals surface area contributed by atoms with Crippen molar-refractivity contribution in [1.82, 2.24) is 0 Å². The molecule has 0 N–H and O–H groups in total. The predicted octanol–water partition coefficient (Wildman–Crippen LogP) is 7.51. The van der Waals surface area contributed by atoms with Crippen LogP contribution in [0, 0.1) is 46.3 Å². The molecule has 3 fully saturated rings. The minimum atomic E-state index is 0.0428. The van der Waals surface area contributed by atoms with Gasteiger partial charge in [-0.1, -0.05) is 58.8 Å². The molecule has 3 saturated carbocycles. The van der Waals surface area contributed by atoms with Gasteiger partial charge in [-0.05, 0) is 81.0 Å². The lowest BCUT2D eigenvalue weighted by atomic mass is 9.52. The maximum Gasteiger partial charge on any atom is 0.0689 e. The molecule has 1 heteroatoms. The number of unbranched alkanes of at least 4 members (excludes halogenated alkanes) is 3. The third-order valence-corrected chi connectivity index (χ3v) is 8.27. The second-order valence-corrected chi connectivity index (χ2v) is 9.84. The van der Waals surface area contributed by atoms with Gasteiger partial charge in [0.05, 0.1) is 11.5 Å². The lowest BCUT2D eigenvalue weighted by molar-refractivity contribution is -0.0180. The smallest absolute Gasteiger partial charge is 0.0689 e. The molecule has 0 aromatic carbocycles. The maximum atomic E-state index is 9.96. The van der Waals surface area contributed by atoms with Gasteiger partial charge < -0.3 is 0 Å². The Hall–Kier alpha value is -0.510. The highest BCUT2D eigenvalue weighted by molar-refractivity contribution is 5.06. The molecule has 0 amide bonds. The molecule has 142 valence electrons. The molecule has 6 atom stereocenters. The first-order valence-electron chi connectivity index (χ1n) is 11.6. The van der Waals surface area contributed by atoms with Gasteiger partial charge in [0.25, 0.3) is 0 Å². The van der Waals surface area contributed by atoms with E-state index in [1.165, 1.54) is 96.3 Å². The quantitative estimate of drug-likeness (QED) is 0.439. The van der Waals surface area contributed by atoms with E-state index in [0.29, 0.717) is 0 Å². The molecule has 3 aliphatic carbocycles.